The van der Waals surface area contributed by atoms with Crippen LogP contribution < -0.4 is 10.6 Å². The van der Waals surface area contributed by atoms with Gasteiger partial charge in [-0.1, -0.05) is 48.5 Å². The van der Waals surface area contributed by atoms with E-state index in [1.165, 1.54) is 22.5 Å². The maximum Gasteiger partial charge on any atom is 0.407 e. The Morgan fingerprint density at radius 2 is 1.71 bits per heavy atom. The molecule has 1 saturated carbocycles. The second-order valence-electron chi connectivity index (χ2n) is 8.83. The van der Waals surface area contributed by atoms with Gasteiger partial charge in [-0.3, -0.25) is 9.59 Å². The quantitative estimate of drug-likeness (QED) is 0.421. The number of hydrogen-bond donors (Lipinski definition) is 3. The van der Waals surface area contributed by atoms with Gasteiger partial charge in [0.25, 0.3) is 0 Å². The summed E-state index contributed by atoms with van der Waals surface area (Å²) in [5.74, 6) is -1.08. The first-order valence-corrected chi connectivity index (χ1v) is 12.4. The van der Waals surface area contributed by atoms with Crippen molar-refractivity contribution in [2.75, 3.05) is 13.2 Å². The molecule has 2 unspecified atom stereocenters. The van der Waals surface area contributed by atoms with Crippen molar-refractivity contribution < 1.29 is 24.2 Å². The minimum atomic E-state index is -0.935. The lowest BCUT2D eigenvalue weighted by molar-refractivity contribution is -0.136. The number of benzene rings is 2. The van der Waals surface area contributed by atoms with Crippen molar-refractivity contribution >= 4 is 29.3 Å². The molecule has 0 bridgehead atoms. The van der Waals surface area contributed by atoms with E-state index in [9.17, 15) is 14.4 Å². The molecule has 0 aliphatic heterocycles. The highest BCUT2D eigenvalue weighted by atomic mass is 32.1. The fourth-order valence-electron chi connectivity index (χ4n) is 4.62. The SMILES string of the molecule is O=C(O)Cc1csc(CNC(=O)C2CC2CNC(=O)OCC2c3ccccc3-c3ccccc32)n1. The van der Waals surface area contributed by atoms with Crippen molar-refractivity contribution in [3.05, 3.63) is 75.7 Å². The monoisotopic (exact) mass is 491 g/mol. The number of alkyl carbamates (subject to hydrolysis) is 1. The lowest BCUT2D eigenvalue weighted by atomic mass is 9.98. The van der Waals surface area contributed by atoms with E-state index < -0.39 is 12.1 Å². The molecule has 1 aromatic heterocycles. The summed E-state index contributed by atoms with van der Waals surface area (Å²) >= 11 is 1.33. The molecule has 3 N–H and O–H groups in total. The molecule has 2 aromatic carbocycles. The second-order valence-corrected chi connectivity index (χ2v) is 9.77. The van der Waals surface area contributed by atoms with Gasteiger partial charge >= 0.3 is 12.1 Å². The molecule has 0 saturated heterocycles. The molecular formula is C26H25N3O5S. The van der Waals surface area contributed by atoms with Gasteiger partial charge in [-0.2, -0.15) is 0 Å². The summed E-state index contributed by atoms with van der Waals surface area (Å²) in [6, 6.07) is 16.4. The van der Waals surface area contributed by atoms with Crippen LogP contribution in [0.15, 0.2) is 53.9 Å². The summed E-state index contributed by atoms with van der Waals surface area (Å²) in [5.41, 5.74) is 5.18. The summed E-state index contributed by atoms with van der Waals surface area (Å²) in [4.78, 5) is 39.7. The van der Waals surface area contributed by atoms with Crippen LogP contribution in [0, 0.1) is 11.8 Å². The van der Waals surface area contributed by atoms with Crippen molar-refractivity contribution in [2.45, 2.75) is 25.3 Å². The maximum atomic E-state index is 12.4. The van der Waals surface area contributed by atoms with Gasteiger partial charge in [-0.05, 0) is 34.6 Å². The van der Waals surface area contributed by atoms with Gasteiger partial charge < -0.3 is 20.5 Å². The van der Waals surface area contributed by atoms with Gasteiger partial charge in [0.1, 0.15) is 11.6 Å². The van der Waals surface area contributed by atoms with E-state index in [0.29, 0.717) is 23.7 Å². The molecule has 3 aromatic rings. The number of nitrogens with one attached hydrogen (secondary N) is 2. The molecule has 2 aliphatic carbocycles. The van der Waals surface area contributed by atoms with Crippen LogP contribution in [-0.2, 0) is 27.3 Å². The molecule has 0 spiro atoms. The summed E-state index contributed by atoms with van der Waals surface area (Å²) in [6.45, 7) is 0.910. The Kier molecular flexibility index (Phi) is 6.50. The zero-order chi connectivity index (χ0) is 24.4. The maximum absolute atomic E-state index is 12.4. The van der Waals surface area contributed by atoms with Crippen molar-refractivity contribution in [3.63, 3.8) is 0 Å². The molecule has 180 valence electrons. The first kappa shape index (κ1) is 23.0. The number of thiazole rings is 1. The Labute approximate surface area is 206 Å². The average molecular weight is 492 g/mol. The third-order valence-electron chi connectivity index (χ3n) is 6.46. The van der Waals surface area contributed by atoms with Crippen LogP contribution in [0.5, 0.6) is 0 Å². The first-order chi connectivity index (χ1) is 17.0. The lowest BCUT2D eigenvalue weighted by Gasteiger charge is -2.14. The number of fused-ring (bicyclic) bond motifs is 3. The minimum absolute atomic E-state index is 0.00877. The highest BCUT2D eigenvalue weighted by Gasteiger charge is 2.43. The van der Waals surface area contributed by atoms with Crippen LogP contribution in [-0.4, -0.2) is 41.2 Å². The molecule has 1 heterocycles. The zero-order valence-electron chi connectivity index (χ0n) is 18.9. The van der Waals surface area contributed by atoms with E-state index in [2.05, 4.69) is 39.9 Å². The molecule has 5 rings (SSSR count). The van der Waals surface area contributed by atoms with E-state index in [1.54, 1.807) is 5.38 Å². The van der Waals surface area contributed by atoms with Crippen LogP contribution in [0.1, 0.15) is 34.2 Å². The summed E-state index contributed by atoms with van der Waals surface area (Å²) < 4.78 is 5.55. The molecule has 35 heavy (non-hydrogen) atoms. The van der Waals surface area contributed by atoms with Gasteiger partial charge in [-0.25, -0.2) is 9.78 Å². The first-order valence-electron chi connectivity index (χ1n) is 11.5. The minimum Gasteiger partial charge on any atom is -0.481 e. The van der Waals surface area contributed by atoms with Crippen molar-refractivity contribution in [1.82, 2.24) is 15.6 Å². The van der Waals surface area contributed by atoms with Gasteiger partial charge in [0.15, 0.2) is 0 Å². The van der Waals surface area contributed by atoms with Gasteiger partial charge in [0.05, 0.1) is 18.7 Å². The molecule has 8 nitrogen and oxygen atoms in total. The summed E-state index contributed by atoms with van der Waals surface area (Å²) in [7, 11) is 0. The number of carbonyl (C=O) groups is 3. The predicted octanol–water partition coefficient (Wildman–Crippen LogP) is 3.56. The van der Waals surface area contributed by atoms with E-state index in [0.717, 1.165) is 11.1 Å². The Bertz CT molecular complexity index is 1230. The molecule has 2 amide bonds. The number of hydrogen-bond acceptors (Lipinski definition) is 6. The highest BCUT2D eigenvalue weighted by molar-refractivity contribution is 7.09. The summed E-state index contributed by atoms with van der Waals surface area (Å²) in [5, 5.41) is 16.8. The number of carboxylic acid groups (broad SMARTS) is 1. The van der Waals surface area contributed by atoms with Crippen molar-refractivity contribution in [3.8, 4) is 11.1 Å². The Balaban J connectivity index is 1.05. The van der Waals surface area contributed by atoms with Crippen molar-refractivity contribution in [1.29, 1.82) is 0 Å². The molecule has 2 aliphatic rings. The molecule has 0 radical (unpaired) electrons. The number of nitrogens with zero attached hydrogens (tertiary/aromatic N) is 1. The summed E-state index contributed by atoms with van der Waals surface area (Å²) in [6.07, 6.45) is 0.0977. The number of aliphatic carboxylic acids is 1. The number of rotatable bonds is 9. The van der Waals surface area contributed by atoms with E-state index in [4.69, 9.17) is 9.84 Å². The van der Waals surface area contributed by atoms with Crippen LogP contribution in [0.3, 0.4) is 0 Å². The lowest BCUT2D eigenvalue weighted by Crippen LogP contribution is -2.30. The van der Waals surface area contributed by atoms with Crippen LogP contribution >= 0.6 is 11.3 Å². The van der Waals surface area contributed by atoms with Crippen LogP contribution in [0.2, 0.25) is 0 Å². The van der Waals surface area contributed by atoms with Gasteiger partial charge in [0.2, 0.25) is 5.91 Å². The van der Waals surface area contributed by atoms with Crippen molar-refractivity contribution in [2.24, 2.45) is 11.8 Å². The molecule has 2 atom stereocenters. The number of carbonyl (C=O) groups excluding carboxylic acids is 2. The number of amides is 2. The molecular weight excluding hydrogens is 466 g/mol. The molecule has 9 heteroatoms. The number of ether oxygens (including phenoxy) is 1. The normalized spacial score (nSPS) is 17.8. The smallest absolute Gasteiger partial charge is 0.407 e. The van der Waals surface area contributed by atoms with Crippen LogP contribution in [0.25, 0.3) is 11.1 Å². The molecule has 1 fully saturated rings. The van der Waals surface area contributed by atoms with E-state index >= 15 is 0 Å². The zero-order valence-corrected chi connectivity index (χ0v) is 19.7. The number of carboxylic acids is 1. The third kappa shape index (κ3) is 5.19. The largest absolute Gasteiger partial charge is 0.481 e. The van der Waals surface area contributed by atoms with Gasteiger partial charge in [-0.15, -0.1) is 11.3 Å². The standard InChI is InChI=1S/C26H25N3O5S/c30-24(31)10-16-14-35-23(29-16)12-27-25(32)21-9-15(21)11-28-26(33)34-13-22-19-7-3-1-5-17(19)18-6-2-4-8-20(18)22/h1-8,14-15,21-22H,9-13H2,(H,27,32)(H,28,33)(H,30,31). The average Bonchev–Trinajstić information content (AvgIpc) is 3.39. The van der Waals surface area contributed by atoms with E-state index in [-0.39, 0.29) is 43.2 Å². The predicted molar refractivity (Wildman–Crippen MR) is 130 cm³/mol. The fraction of sp³-hybridized carbons (Fsp3) is 0.308. The Hall–Kier alpha value is -3.72. The second kappa shape index (κ2) is 9.87. The Morgan fingerprint density at radius 1 is 1.03 bits per heavy atom. The topological polar surface area (TPSA) is 118 Å². The van der Waals surface area contributed by atoms with E-state index in [1.807, 2.05) is 24.3 Å². The van der Waals surface area contributed by atoms with Gasteiger partial charge in [0, 0.05) is 23.8 Å². The fourth-order valence-corrected chi connectivity index (χ4v) is 5.35. The Morgan fingerprint density at radius 3 is 2.40 bits per heavy atom. The highest BCUT2D eigenvalue weighted by Crippen LogP contribution is 2.44. The third-order valence-corrected chi connectivity index (χ3v) is 7.35. The van der Waals surface area contributed by atoms with Crippen LogP contribution in [0.4, 0.5) is 4.79 Å². The number of aromatic nitrogens is 1.